The first-order chi connectivity index (χ1) is 16.1. The van der Waals surface area contributed by atoms with Crippen LogP contribution >= 0.6 is 0 Å². The molecule has 0 saturated carbocycles. The highest BCUT2D eigenvalue weighted by Gasteiger charge is 2.21. The van der Waals surface area contributed by atoms with Crippen molar-refractivity contribution in [3.63, 3.8) is 0 Å². The number of rotatable bonds is 6. The number of hydrogen-bond donors (Lipinski definition) is 0. The minimum atomic E-state index is -0.331. The maximum absolute atomic E-state index is 12.3. The number of aromatic nitrogens is 1. The van der Waals surface area contributed by atoms with E-state index in [0.29, 0.717) is 18.7 Å². The van der Waals surface area contributed by atoms with Crippen LogP contribution in [-0.4, -0.2) is 18.1 Å². The van der Waals surface area contributed by atoms with Crippen LogP contribution in [0.4, 0.5) is 0 Å². The first kappa shape index (κ1) is 22.1. The van der Waals surface area contributed by atoms with Gasteiger partial charge in [-0.05, 0) is 48.7 Å². The van der Waals surface area contributed by atoms with Gasteiger partial charge >= 0.3 is 5.97 Å². The maximum atomic E-state index is 12.3. The summed E-state index contributed by atoms with van der Waals surface area (Å²) >= 11 is 0. The van der Waals surface area contributed by atoms with E-state index in [1.165, 1.54) is 7.11 Å². The molecule has 0 saturated heterocycles. The van der Waals surface area contributed by atoms with E-state index in [1.54, 1.807) is 0 Å². The molecule has 1 atom stereocenters. The fourth-order valence-electron chi connectivity index (χ4n) is 3.65. The molecule has 0 aliphatic heterocycles. The molecule has 1 aromatic heterocycles. The summed E-state index contributed by atoms with van der Waals surface area (Å²) in [4.78, 5) is 16.9. The molecule has 0 radical (unpaired) electrons. The summed E-state index contributed by atoms with van der Waals surface area (Å²) in [6.45, 7) is 1.91. The van der Waals surface area contributed by atoms with E-state index < -0.39 is 0 Å². The molecule has 3 aromatic carbocycles. The van der Waals surface area contributed by atoms with Gasteiger partial charge < -0.3 is 9.15 Å². The quantitative estimate of drug-likeness (QED) is 0.286. The number of aryl methyl sites for hydroxylation is 1. The molecule has 0 amide bonds. The predicted octanol–water partition coefficient (Wildman–Crippen LogP) is 5.74. The zero-order chi connectivity index (χ0) is 23.0. The molecule has 0 aliphatic carbocycles. The third kappa shape index (κ3) is 5.58. The Hall–Kier alpha value is -4.10. The number of oxazole rings is 1. The summed E-state index contributed by atoms with van der Waals surface area (Å²) < 4.78 is 10.8. The lowest BCUT2D eigenvalue weighted by Crippen LogP contribution is -2.16. The summed E-state index contributed by atoms with van der Waals surface area (Å²) in [6.07, 6.45) is 1.09. The standard InChI is InChI=1S/C29H25NO3/c1-21-27(30-28(33-21)25-13-7-4-8-14-25)15-9-10-22-16-18-23(19-17-22)20-26(29(31)32-2)24-11-5-3-6-12-24/h3-8,11-14,16-19,26H,15,20H2,1-2H3. The molecule has 0 aliphatic rings. The van der Waals surface area contributed by atoms with Gasteiger partial charge in [0.2, 0.25) is 5.89 Å². The van der Waals surface area contributed by atoms with Gasteiger partial charge in [0.1, 0.15) is 5.76 Å². The Bertz CT molecular complexity index is 1260. The fraction of sp³-hybridized carbons (Fsp3) is 0.172. The van der Waals surface area contributed by atoms with Gasteiger partial charge in [0.05, 0.1) is 25.1 Å². The highest BCUT2D eigenvalue weighted by atomic mass is 16.5. The molecule has 4 heteroatoms. The van der Waals surface area contributed by atoms with Crippen LogP contribution in [-0.2, 0) is 22.4 Å². The van der Waals surface area contributed by atoms with Crippen molar-refractivity contribution in [2.75, 3.05) is 7.11 Å². The first-order valence-electron chi connectivity index (χ1n) is 10.9. The molecule has 33 heavy (non-hydrogen) atoms. The molecule has 4 nitrogen and oxygen atoms in total. The molecular weight excluding hydrogens is 410 g/mol. The molecular formula is C29H25NO3. The average molecular weight is 436 g/mol. The second kappa shape index (κ2) is 10.5. The van der Waals surface area contributed by atoms with E-state index in [9.17, 15) is 4.79 Å². The molecule has 4 rings (SSSR count). The van der Waals surface area contributed by atoms with E-state index in [1.807, 2.05) is 91.9 Å². The number of carbonyl (C=O) groups is 1. The lowest BCUT2D eigenvalue weighted by molar-refractivity contribution is -0.142. The van der Waals surface area contributed by atoms with Gasteiger partial charge in [-0.15, -0.1) is 0 Å². The minimum absolute atomic E-state index is 0.233. The first-order valence-corrected chi connectivity index (χ1v) is 10.9. The van der Waals surface area contributed by atoms with Crippen molar-refractivity contribution >= 4 is 5.97 Å². The van der Waals surface area contributed by atoms with Gasteiger partial charge in [-0.2, -0.15) is 0 Å². The predicted molar refractivity (Wildman–Crippen MR) is 129 cm³/mol. The summed E-state index contributed by atoms with van der Waals surface area (Å²) in [6, 6.07) is 27.5. The molecule has 1 heterocycles. The Labute approximate surface area is 194 Å². The smallest absolute Gasteiger partial charge is 0.313 e. The van der Waals surface area contributed by atoms with Crippen LogP contribution in [0.1, 0.15) is 34.1 Å². The molecule has 164 valence electrons. The number of ether oxygens (including phenoxy) is 1. The lowest BCUT2D eigenvalue weighted by Gasteiger charge is -2.15. The van der Waals surface area contributed by atoms with Crippen LogP contribution in [0, 0.1) is 18.8 Å². The SMILES string of the molecule is COC(=O)C(Cc1ccc(C#CCc2nc(-c3ccccc3)oc2C)cc1)c1ccccc1. The van der Waals surface area contributed by atoms with Gasteiger partial charge in [0.15, 0.2) is 0 Å². The van der Waals surface area contributed by atoms with Crippen LogP contribution in [0.15, 0.2) is 89.3 Å². The van der Waals surface area contributed by atoms with E-state index in [-0.39, 0.29) is 11.9 Å². The van der Waals surface area contributed by atoms with Gasteiger partial charge in [-0.3, -0.25) is 4.79 Å². The van der Waals surface area contributed by atoms with Crippen LogP contribution < -0.4 is 0 Å². The van der Waals surface area contributed by atoms with E-state index in [0.717, 1.165) is 33.7 Å². The molecule has 0 fully saturated rings. The average Bonchev–Trinajstić information content (AvgIpc) is 3.24. The third-order valence-corrected chi connectivity index (χ3v) is 5.48. The van der Waals surface area contributed by atoms with Crippen molar-refractivity contribution in [1.29, 1.82) is 0 Å². The topological polar surface area (TPSA) is 52.3 Å². The second-order valence-electron chi connectivity index (χ2n) is 7.75. The van der Waals surface area contributed by atoms with E-state index in [4.69, 9.17) is 9.15 Å². The third-order valence-electron chi connectivity index (χ3n) is 5.48. The maximum Gasteiger partial charge on any atom is 0.313 e. The van der Waals surface area contributed by atoms with Crippen molar-refractivity contribution in [3.05, 3.63) is 113 Å². The van der Waals surface area contributed by atoms with Crippen LogP contribution in [0.2, 0.25) is 0 Å². The summed E-state index contributed by atoms with van der Waals surface area (Å²) in [5.74, 6) is 7.22. The van der Waals surface area contributed by atoms with Gasteiger partial charge in [0, 0.05) is 11.1 Å². The van der Waals surface area contributed by atoms with Gasteiger partial charge in [-0.25, -0.2) is 4.98 Å². The van der Waals surface area contributed by atoms with Crippen molar-refractivity contribution < 1.29 is 13.9 Å². The molecule has 0 spiro atoms. The monoisotopic (exact) mass is 435 g/mol. The van der Waals surface area contributed by atoms with Crippen molar-refractivity contribution in [1.82, 2.24) is 4.98 Å². The largest absolute Gasteiger partial charge is 0.469 e. The molecule has 0 N–H and O–H groups in total. The molecule has 1 unspecified atom stereocenters. The van der Waals surface area contributed by atoms with Crippen molar-refractivity contribution in [2.45, 2.75) is 25.7 Å². The zero-order valence-corrected chi connectivity index (χ0v) is 18.7. The van der Waals surface area contributed by atoms with Gasteiger partial charge in [0.25, 0.3) is 0 Å². The molecule has 0 bridgehead atoms. The summed E-state index contributed by atoms with van der Waals surface area (Å²) in [5.41, 5.74) is 4.72. The number of methoxy groups -OCH3 is 1. The fourth-order valence-corrected chi connectivity index (χ4v) is 3.65. The lowest BCUT2D eigenvalue weighted by atomic mass is 9.92. The Balaban J connectivity index is 1.43. The number of hydrogen-bond acceptors (Lipinski definition) is 4. The van der Waals surface area contributed by atoms with Crippen LogP contribution in [0.5, 0.6) is 0 Å². The van der Waals surface area contributed by atoms with Crippen molar-refractivity contribution in [3.8, 4) is 23.3 Å². The molecule has 4 aromatic rings. The van der Waals surface area contributed by atoms with Gasteiger partial charge in [-0.1, -0.05) is 72.5 Å². The Morgan fingerprint density at radius 1 is 0.970 bits per heavy atom. The second-order valence-corrected chi connectivity index (χ2v) is 7.75. The number of nitrogens with zero attached hydrogens (tertiary/aromatic N) is 1. The van der Waals surface area contributed by atoms with E-state index in [2.05, 4.69) is 16.8 Å². The van der Waals surface area contributed by atoms with Crippen molar-refractivity contribution in [2.24, 2.45) is 0 Å². The normalized spacial score (nSPS) is 11.3. The Kier molecular flexibility index (Phi) is 7.02. The summed E-state index contributed by atoms with van der Waals surface area (Å²) in [5, 5.41) is 0. The highest BCUT2D eigenvalue weighted by molar-refractivity contribution is 5.78. The Morgan fingerprint density at radius 3 is 2.30 bits per heavy atom. The summed E-state index contributed by atoms with van der Waals surface area (Å²) in [7, 11) is 1.43. The number of esters is 1. The highest BCUT2D eigenvalue weighted by Crippen LogP contribution is 2.23. The van der Waals surface area contributed by atoms with Crippen LogP contribution in [0.3, 0.4) is 0 Å². The zero-order valence-electron chi connectivity index (χ0n) is 18.7. The number of benzene rings is 3. The minimum Gasteiger partial charge on any atom is -0.469 e. The van der Waals surface area contributed by atoms with E-state index >= 15 is 0 Å². The Morgan fingerprint density at radius 2 is 1.64 bits per heavy atom. The number of carbonyl (C=O) groups excluding carboxylic acids is 1. The van der Waals surface area contributed by atoms with Crippen LogP contribution in [0.25, 0.3) is 11.5 Å².